The predicted molar refractivity (Wildman–Crippen MR) is 148 cm³/mol. The summed E-state index contributed by atoms with van der Waals surface area (Å²) in [6.45, 7) is 6.10. The number of hydrogen-bond donors (Lipinski definition) is 0. The third-order valence-electron chi connectivity index (χ3n) is 7.70. The smallest absolute Gasteiger partial charge is 0.294 e. The number of likely N-dealkylation sites (N-methyl/N-ethyl adjacent to an activating group) is 1. The maximum atomic E-state index is 14.1. The van der Waals surface area contributed by atoms with Gasteiger partial charge in [0.2, 0.25) is 15.8 Å². The van der Waals surface area contributed by atoms with Crippen molar-refractivity contribution >= 4 is 38.5 Å². The minimum atomic E-state index is -3.78. The van der Waals surface area contributed by atoms with Crippen molar-refractivity contribution in [1.29, 1.82) is 0 Å². The number of aromatic nitrogens is 1. The number of Topliss-reactive ketones (excluding diaryl/α,β-unsaturated/α-hetero) is 1. The zero-order chi connectivity index (χ0) is 28.8. The number of fused-ring (bicyclic) bond motifs is 1. The molecule has 208 valence electrons. The molecular weight excluding hydrogens is 521 g/mol. The van der Waals surface area contributed by atoms with Crippen molar-refractivity contribution in [2.45, 2.75) is 39.7 Å². The van der Waals surface area contributed by atoms with E-state index in [4.69, 9.17) is 0 Å². The maximum absolute atomic E-state index is 14.1. The number of carbonyl (C=O) groups is 3. The highest BCUT2D eigenvalue weighted by Crippen LogP contribution is 2.35. The number of hydrogen-bond acceptors (Lipinski definition) is 5. The molecule has 0 bridgehead atoms. The lowest BCUT2D eigenvalue weighted by Crippen LogP contribution is -2.48. The van der Waals surface area contributed by atoms with E-state index in [0.29, 0.717) is 11.9 Å². The van der Waals surface area contributed by atoms with Gasteiger partial charge in [0.25, 0.3) is 11.8 Å². The van der Waals surface area contributed by atoms with Crippen molar-refractivity contribution in [3.8, 4) is 0 Å². The third-order valence-corrected chi connectivity index (χ3v) is 8.83. The van der Waals surface area contributed by atoms with Crippen LogP contribution in [0.3, 0.4) is 0 Å². The number of piperidine rings is 1. The van der Waals surface area contributed by atoms with E-state index >= 15 is 0 Å². The van der Waals surface area contributed by atoms with Crippen LogP contribution in [-0.4, -0.2) is 72.7 Å². The van der Waals surface area contributed by atoms with E-state index in [-0.39, 0.29) is 51.9 Å². The molecule has 0 aliphatic carbocycles. The zero-order valence-corrected chi connectivity index (χ0v) is 23.9. The Kier molecular flexibility index (Phi) is 7.71. The summed E-state index contributed by atoms with van der Waals surface area (Å²) < 4.78 is 39.9. The van der Waals surface area contributed by atoms with Crippen LogP contribution in [0.4, 0.5) is 4.39 Å². The standard InChI is InChI=1S/C29H34FN3O5S/c1-17-16-32(18(2)13-22(17)14-20-7-10-23(30)11-8-20)28(35)26-19(3)33(39(6,37)38)25-12-9-21(15-24(25)26)27(34)29(36)31(4)5/h7-12,15,17-18,22H,13-14,16H2,1-6H3/t17-,18+,22?/m0/s1. The summed E-state index contributed by atoms with van der Waals surface area (Å²) in [4.78, 5) is 42.1. The molecule has 4 rings (SSSR count). The number of nitrogens with zero attached hydrogens (tertiary/aromatic N) is 3. The van der Waals surface area contributed by atoms with Crippen LogP contribution in [0.15, 0.2) is 42.5 Å². The van der Waals surface area contributed by atoms with Gasteiger partial charge in [-0.1, -0.05) is 19.1 Å². The zero-order valence-electron chi connectivity index (χ0n) is 23.1. The van der Waals surface area contributed by atoms with Crippen LogP contribution < -0.4 is 0 Å². The third kappa shape index (κ3) is 5.48. The Balaban J connectivity index is 1.72. The first-order chi connectivity index (χ1) is 18.2. The van der Waals surface area contributed by atoms with Gasteiger partial charge in [-0.25, -0.2) is 16.8 Å². The largest absolute Gasteiger partial charge is 0.342 e. The van der Waals surface area contributed by atoms with Gasteiger partial charge in [-0.3, -0.25) is 14.4 Å². The molecule has 8 nitrogen and oxygen atoms in total. The minimum absolute atomic E-state index is 0.0836. The Labute approximate surface area is 228 Å². The first kappa shape index (κ1) is 28.5. The molecule has 10 heteroatoms. The molecule has 1 saturated heterocycles. The maximum Gasteiger partial charge on any atom is 0.294 e. The lowest BCUT2D eigenvalue weighted by atomic mass is 9.79. The average Bonchev–Trinajstić information content (AvgIpc) is 3.17. The van der Waals surface area contributed by atoms with E-state index in [1.807, 2.05) is 6.92 Å². The van der Waals surface area contributed by atoms with Crippen molar-refractivity contribution in [2.75, 3.05) is 26.9 Å². The second kappa shape index (κ2) is 10.6. The SMILES string of the molecule is Cc1c(C(=O)N2C[C@H](C)C(Cc3ccc(F)cc3)C[C@H]2C)c2cc(C(=O)C(=O)N(C)C)ccc2n1S(C)(=O)=O. The summed E-state index contributed by atoms with van der Waals surface area (Å²) in [5.74, 6) is -1.62. The Morgan fingerprint density at radius 3 is 2.28 bits per heavy atom. The second-order valence-electron chi connectivity index (χ2n) is 10.9. The van der Waals surface area contributed by atoms with Crippen molar-refractivity contribution < 1.29 is 27.2 Å². The topological polar surface area (TPSA) is 96.8 Å². The molecule has 1 unspecified atom stereocenters. The summed E-state index contributed by atoms with van der Waals surface area (Å²) in [5, 5.41) is 0.314. The van der Waals surface area contributed by atoms with Gasteiger partial charge in [0.15, 0.2) is 0 Å². The van der Waals surface area contributed by atoms with E-state index in [0.717, 1.165) is 28.6 Å². The summed E-state index contributed by atoms with van der Waals surface area (Å²) in [6.07, 6.45) is 2.56. The normalized spacial score (nSPS) is 19.8. The minimum Gasteiger partial charge on any atom is -0.342 e. The first-order valence-corrected chi connectivity index (χ1v) is 14.7. The van der Waals surface area contributed by atoms with Gasteiger partial charge in [0.05, 0.1) is 17.3 Å². The second-order valence-corrected chi connectivity index (χ2v) is 12.7. The van der Waals surface area contributed by atoms with Crippen molar-refractivity contribution in [3.05, 3.63) is 70.7 Å². The van der Waals surface area contributed by atoms with Gasteiger partial charge in [0.1, 0.15) is 5.82 Å². The lowest BCUT2D eigenvalue weighted by Gasteiger charge is -2.42. The molecule has 0 N–H and O–H groups in total. The highest BCUT2D eigenvalue weighted by atomic mass is 32.2. The molecule has 1 fully saturated rings. The fourth-order valence-electron chi connectivity index (χ4n) is 5.63. The van der Waals surface area contributed by atoms with E-state index in [2.05, 4.69) is 6.92 Å². The molecule has 2 aromatic carbocycles. The summed E-state index contributed by atoms with van der Waals surface area (Å²) in [6, 6.07) is 10.7. The summed E-state index contributed by atoms with van der Waals surface area (Å²) >= 11 is 0. The number of halogens is 1. The van der Waals surface area contributed by atoms with Crippen molar-refractivity contribution in [1.82, 2.24) is 13.8 Å². The molecule has 1 aliphatic heterocycles. The van der Waals surface area contributed by atoms with Gasteiger partial charge in [-0.2, -0.15) is 0 Å². The van der Waals surface area contributed by atoms with Crippen LogP contribution in [0.5, 0.6) is 0 Å². The van der Waals surface area contributed by atoms with E-state index in [9.17, 15) is 27.2 Å². The monoisotopic (exact) mass is 555 g/mol. The highest BCUT2D eigenvalue weighted by molar-refractivity contribution is 7.89. The van der Waals surface area contributed by atoms with Crippen LogP contribution in [-0.2, 0) is 21.2 Å². The number of rotatable bonds is 6. The van der Waals surface area contributed by atoms with Gasteiger partial charge >= 0.3 is 0 Å². The molecule has 1 aromatic heterocycles. The molecule has 2 heterocycles. The molecule has 0 radical (unpaired) electrons. The first-order valence-electron chi connectivity index (χ1n) is 12.9. The van der Waals surface area contributed by atoms with Crippen LogP contribution >= 0.6 is 0 Å². The molecule has 3 aromatic rings. The Morgan fingerprint density at radius 2 is 1.69 bits per heavy atom. The van der Waals surface area contributed by atoms with E-state index in [1.54, 1.807) is 24.0 Å². The Bertz CT molecular complexity index is 1560. The van der Waals surface area contributed by atoms with E-state index < -0.39 is 21.7 Å². The Morgan fingerprint density at radius 1 is 1.05 bits per heavy atom. The van der Waals surface area contributed by atoms with Crippen LogP contribution in [0.2, 0.25) is 0 Å². The fourth-order valence-corrected chi connectivity index (χ4v) is 6.73. The van der Waals surface area contributed by atoms with E-state index in [1.165, 1.54) is 49.3 Å². The lowest BCUT2D eigenvalue weighted by molar-refractivity contribution is -0.124. The predicted octanol–water partition coefficient (Wildman–Crippen LogP) is 3.90. The molecule has 2 amide bonds. The van der Waals surface area contributed by atoms with Crippen LogP contribution in [0.1, 0.15) is 52.2 Å². The number of likely N-dealkylation sites (tertiary alicyclic amines) is 1. The molecular formula is C29H34FN3O5S. The van der Waals surface area contributed by atoms with Crippen LogP contribution in [0, 0.1) is 24.6 Å². The number of benzene rings is 2. The molecule has 0 spiro atoms. The average molecular weight is 556 g/mol. The van der Waals surface area contributed by atoms with Crippen LogP contribution in [0.25, 0.3) is 10.9 Å². The number of amides is 2. The van der Waals surface area contributed by atoms with Gasteiger partial charge < -0.3 is 9.80 Å². The Hall–Kier alpha value is -3.53. The highest BCUT2D eigenvalue weighted by Gasteiger charge is 2.36. The van der Waals surface area contributed by atoms with Gasteiger partial charge in [0, 0.05) is 43.3 Å². The quantitative estimate of drug-likeness (QED) is 0.340. The molecule has 1 aliphatic rings. The molecule has 3 atom stereocenters. The van der Waals surface area contributed by atoms with Crippen molar-refractivity contribution in [2.24, 2.45) is 11.8 Å². The van der Waals surface area contributed by atoms with Crippen molar-refractivity contribution in [3.63, 3.8) is 0 Å². The van der Waals surface area contributed by atoms with Gasteiger partial charge in [-0.15, -0.1) is 0 Å². The molecule has 0 saturated carbocycles. The fraction of sp³-hybridized carbons (Fsp3) is 0.414. The summed E-state index contributed by atoms with van der Waals surface area (Å²) in [5.41, 5.74) is 1.86. The van der Waals surface area contributed by atoms with Gasteiger partial charge in [-0.05, 0) is 74.4 Å². The number of ketones is 1. The summed E-state index contributed by atoms with van der Waals surface area (Å²) in [7, 11) is -0.833. The molecule has 39 heavy (non-hydrogen) atoms. The number of carbonyl (C=O) groups excluding carboxylic acids is 3.